The molecule has 1 atom stereocenters. The Morgan fingerprint density at radius 1 is 1.32 bits per heavy atom. The summed E-state index contributed by atoms with van der Waals surface area (Å²) in [6.07, 6.45) is 2.12. The first-order valence-corrected chi connectivity index (χ1v) is 7.15. The van der Waals surface area contributed by atoms with E-state index in [1.165, 1.54) is 11.1 Å². The molecule has 2 rings (SSSR count). The normalized spacial score (nSPS) is 20.5. The topological polar surface area (TPSA) is 41.5 Å². The van der Waals surface area contributed by atoms with Crippen LogP contribution in [0.1, 0.15) is 37.4 Å². The van der Waals surface area contributed by atoms with Gasteiger partial charge in [-0.15, -0.1) is 0 Å². The average Bonchev–Trinajstić information content (AvgIpc) is 2.64. The number of ether oxygens (including phenoxy) is 1. The second-order valence-electron chi connectivity index (χ2n) is 5.94. The number of fused-ring (bicyclic) bond motifs is 1. The Kier molecular flexibility index (Phi) is 4.97. The molecule has 0 amide bonds. The van der Waals surface area contributed by atoms with Crippen molar-refractivity contribution in [1.29, 1.82) is 0 Å². The summed E-state index contributed by atoms with van der Waals surface area (Å²) in [7, 11) is 0. The molecule has 1 unspecified atom stereocenters. The van der Waals surface area contributed by atoms with Crippen LogP contribution in [0.4, 0.5) is 0 Å². The van der Waals surface area contributed by atoms with Gasteiger partial charge in [0.15, 0.2) is 0 Å². The van der Waals surface area contributed by atoms with Crippen molar-refractivity contribution >= 4 is 0 Å². The summed E-state index contributed by atoms with van der Waals surface area (Å²) in [6, 6.07) is 9.16. The van der Waals surface area contributed by atoms with Crippen molar-refractivity contribution in [2.45, 2.75) is 32.7 Å². The Morgan fingerprint density at radius 3 is 2.89 bits per heavy atom. The molecule has 1 aliphatic carbocycles. The van der Waals surface area contributed by atoms with Crippen molar-refractivity contribution in [3.8, 4) is 0 Å². The number of aliphatic hydroxyl groups excluding tert-OH is 1. The summed E-state index contributed by atoms with van der Waals surface area (Å²) in [5.74, 6) is 0. The molecule has 3 nitrogen and oxygen atoms in total. The monoisotopic (exact) mass is 263 g/mol. The molecule has 0 saturated carbocycles. The van der Waals surface area contributed by atoms with Gasteiger partial charge >= 0.3 is 0 Å². The SMILES string of the molecule is CC1(C)Cc2ccccc2C1NCCCOCCO. The lowest BCUT2D eigenvalue weighted by Gasteiger charge is -2.28. The predicted octanol–water partition coefficient (Wildman–Crippen LogP) is 2.30. The van der Waals surface area contributed by atoms with Crippen molar-refractivity contribution in [1.82, 2.24) is 5.32 Å². The summed E-state index contributed by atoms with van der Waals surface area (Å²) in [4.78, 5) is 0. The van der Waals surface area contributed by atoms with Crippen LogP contribution in [-0.4, -0.2) is 31.5 Å². The highest BCUT2D eigenvalue weighted by molar-refractivity contribution is 5.37. The zero-order valence-electron chi connectivity index (χ0n) is 12.0. The van der Waals surface area contributed by atoms with Gasteiger partial charge in [-0.3, -0.25) is 0 Å². The Labute approximate surface area is 116 Å². The van der Waals surface area contributed by atoms with Gasteiger partial charge in [0.1, 0.15) is 0 Å². The molecular formula is C16H25NO2. The molecule has 0 radical (unpaired) electrons. The number of rotatable bonds is 7. The molecule has 0 heterocycles. The van der Waals surface area contributed by atoms with Gasteiger partial charge in [0.05, 0.1) is 13.2 Å². The maximum absolute atomic E-state index is 8.63. The molecule has 0 aromatic heterocycles. The van der Waals surface area contributed by atoms with Gasteiger partial charge in [-0.05, 0) is 35.9 Å². The minimum atomic E-state index is 0.108. The van der Waals surface area contributed by atoms with Crippen molar-refractivity contribution in [3.63, 3.8) is 0 Å². The van der Waals surface area contributed by atoms with Crippen LogP contribution in [0.5, 0.6) is 0 Å². The van der Waals surface area contributed by atoms with Crippen molar-refractivity contribution in [3.05, 3.63) is 35.4 Å². The van der Waals surface area contributed by atoms with E-state index >= 15 is 0 Å². The third kappa shape index (κ3) is 3.56. The van der Waals surface area contributed by atoms with Crippen LogP contribution in [0.3, 0.4) is 0 Å². The van der Waals surface area contributed by atoms with E-state index in [9.17, 15) is 0 Å². The van der Waals surface area contributed by atoms with Gasteiger partial charge in [0.25, 0.3) is 0 Å². The number of benzene rings is 1. The van der Waals surface area contributed by atoms with Crippen LogP contribution in [0.15, 0.2) is 24.3 Å². The van der Waals surface area contributed by atoms with E-state index in [0.717, 1.165) is 19.4 Å². The molecule has 0 bridgehead atoms. The predicted molar refractivity (Wildman–Crippen MR) is 77.2 cm³/mol. The highest BCUT2D eigenvalue weighted by atomic mass is 16.5. The standard InChI is InChI=1S/C16H25NO2/c1-16(2)12-13-6-3-4-7-14(13)15(16)17-8-5-10-19-11-9-18/h3-4,6-7,15,17-18H,5,8-12H2,1-2H3. The van der Waals surface area contributed by atoms with Gasteiger partial charge in [-0.25, -0.2) is 0 Å². The first-order chi connectivity index (χ1) is 9.15. The Hall–Kier alpha value is -0.900. The highest BCUT2D eigenvalue weighted by Crippen LogP contribution is 2.44. The maximum atomic E-state index is 8.63. The number of hydrogen-bond acceptors (Lipinski definition) is 3. The van der Waals surface area contributed by atoms with E-state index in [1.807, 2.05) is 0 Å². The van der Waals surface area contributed by atoms with E-state index in [2.05, 4.69) is 43.4 Å². The van der Waals surface area contributed by atoms with Crippen molar-refractivity contribution < 1.29 is 9.84 Å². The Morgan fingerprint density at radius 2 is 2.11 bits per heavy atom. The summed E-state index contributed by atoms with van der Waals surface area (Å²) >= 11 is 0. The van der Waals surface area contributed by atoms with Gasteiger partial charge in [-0.2, -0.15) is 0 Å². The Bertz CT molecular complexity index is 403. The van der Waals surface area contributed by atoms with Gasteiger partial charge in [0.2, 0.25) is 0 Å². The van der Waals surface area contributed by atoms with E-state index in [-0.39, 0.29) is 12.0 Å². The highest BCUT2D eigenvalue weighted by Gasteiger charge is 2.37. The Balaban J connectivity index is 1.85. The first kappa shape index (κ1) is 14.5. The van der Waals surface area contributed by atoms with Gasteiger partial charge < -0.3 is 15.2 Å². The smallest absolute Gasteiger partial charge is 0.0697 e. The second kappa shape index (κ2) is 6.51. The quantitative estimate of drug-likeness (QED) is 0.742. The van der Waals surface area contributed by atoms with Crippen LogP contribution in [-0.2, 0) is 11.2 Å². The molecule has 1 aromatic rings. The van der Waals surface area contributed by atoms with Crippen LogP contribution in [0.2, 0.25) is 0 Å². The lowest BCUT2D eigenvalue weighted by molar-refractivity contribution is 0.0896. The van der Waals surface area contributed by atoms with Crippen molar-refractivity contribution in [2.75, 3.05) is 26.4 Å². The fourth-order valence-corrected chi connectivity index (χ4v) is 2.96. The molecule has 2 N–H and O–H groups in total. The summed E-state index contributed by atoms with van der Waals surface area (Å²) < 4.78 is 5.28. The lowest BCUT2D eigenvalue weighted by Crippen LogP contribution is -2.32. The maximum Gasteiger partial charge on any atom is 0.0697 e. The summed E-state index contributed by atoms with van der Waals surface area (Å²) in [6.45, 7) is 6.87. The number of nitrogens with one attached hydrogen (secondary N) is 1. The molecule has 106 valence electrons. The summed E-state index contributed by atoms with van der Waals surface area (Å²) in [5, 5.41) is 12.3. The molecule has 1 aliphatic rings. The zero-order valence-corrected chi connectivity index (χ0v) is 12.0. The number of aliphatic hydroxyl groups is 1. The van der Waals surface area contributed by atoms with E-state index in [1.54, 1.807) is 0 Å². The first-order valence-electron chi connectivity index (χ1n) is 7.15. The van der Waals surface area contributed by atoms with E-state index < -0.39 is 0 Å². The molecule has 0 aliphatic heterocycles. The van der Waals surface area contributed by atoms with Gasteiger partial charge in [0, 0.05) is 12.6 Å². The minimum absolute atomic E-state index is 0.108. The lowest BCUT2D eigenvalue weighted by atomic mass is 9.85. The van der Waals surface area contributed by atoms with E-state index in [4.69, 9.17) is 9.84 Å². The zero-order chi connectivity index (χ0) is 13.7. The second-order valence-corrected chi connectivity index (χ2v) is 5.94. The third-order valence-corrected chi connectivity index (χ3v) is 3.84. The summed E-state index contributed by atoms with van der Waals surface area (Å²) in [5.41, 5.74) is 3.20. The number of hydrogen-bond donors (Lipinski definition) is 2. The van der Waals surface area contributed by atoms with Crippen LogP contribution in [0, 0.1) is 5.41 Å². The minimum Gasteiger partial charge on any atom is -0.394 e. The van der Waals surface area contributed by atoms with Crippen LogP contribution < -0.4 is 5.32 Å². The third-order valence-electron chi connectivity index (χ3n) is 3.84. The molecule has 1 aromatic carbocycles. The van der Waals surface area contributed by atoms with Crippen LogP contribution in [0.25, 0.3) is 0 Å². The van der Waals surface area contributed by atoms with E-state index in [0.29, 0.717) is 19.3 Å². The molecular weight excluding hydrogens is 238 g/mol. The largest absolute Gasteiger partial charge is 0.394 e. The molecule has 3 heteroatoms. The van der Waals surface area contributed by atoms with Gasteiger partial charge in [-0.1, -0.05) is 38.1 Å². The molecule has 19 heavy (non-hydrogen) atoms. The molecule has 0 spiro atoms. The van der Waals surface area contributed by atoms with Crippen LogP contribution >= 0.6 is 0 Å². The molecule has 0 fully saturated rings. The van der Waals surface area contributed by atoms with Crippen molar-refractivity contribution in [2.24, 2.45) is 5.41 Å². The fraction of sp³-hybridized carbons (Fsp3) is 0.625. The fourth-order valence-electron chi connectivity index (χ4n) is 2.96. The molecule has 0 saturated heterocycles. The average molecular weight is 263 g/mol.